The number of hydrogen-bond acceptors (Lipinski definition) is 4. The molecule has 0 aromatic heterocycles. The molecule has 0 radical (unpaired) electrons. The van der Waals surface area contributed by atoms with Gasteiger partial charge in [0.05, 0.1) is 5.71 Å². The van der Waals surface area contributed by atoms with Gasteiger partial charge in [0.2, 0.25) is 0 Å². The Balaban J connectivity index is 1.65. The molecule has 3 aromatic carbocycles. The minimum absolute atomic E-state index is 0.0831. The van der Waals surface area contributed by atoms with Gasteiger partial charge in [0, 0.05) is 11.4 Å². The molecule has 0 saturated carbocycles. The third-order valence-corrected chi connectivity index (χ3v) is 6.68. The Labute approximate surface area is 188 Å². The van der Waals surface area contributed by atoms with Crippen molar-refractivity contribution in [2.45, 2.75) is 30.6 Å². The van der Waals surface area contributed by atoms with Crippen LogP contribution in [0, 0.1) is 6.92 Å². The van der Waals surface area contributed by atoms with Crippen molar-refractivity contribution in [3.05, 3.63) is 107 Å². The van der Waals surface area contributed by atoms with Crippen LogP contribution in [0.15, 0.2) is 95.0 Å². The Bertz CT molecular complexity index is 1220. The molecule has 0 bridgehead atoms. The van der Waals surface area contributed by atoms with Crippen molar-refractivity contribution in [3.8, 4) is 0 Å². The molecule has 0 heterocycles. The van der Waals surface area contributed by atoms with Gasteiger partial charge in [-0.15, -0.1) is 0 Å². The minimum atomic E-state index is -3.98. The van der Waals surface area contributed by atoms with E-state index in [1.165, 1.54) is 17.7 Å². The molecular weight excluding hydrogens is 430 g/mol. The lowest BCUT2D eigenvalue weighted by molar-refractivity contribution is 0.337. The smallest absolute Gasteiger partial charge is 0.265 e. The highest BCUT2D eigenvalue weighted by atomic mass is 35.5. The topological polar surface area (TPSA) is 55.7 Å². The first-order valence-corrected chi connectivity index (χ1v) is 11.8. The Kier molecular flexibility index (Phi) is 6.25. The van der Waals surface area contributed by atoms with Gasteiger partial charge in [-0.3, -0.25) is 4.28 Å². The van der Waals surface area contributed by atoms with Crippen LogP contribution >= 0.6 is 11.6 Å². The molecule has 0 amide bonds. The SMILES string of the molecule is Cc1ccc(S(=O)(=O)O/N=C2\C=C(c3ccc(Cl)cc3)CC(c3ccccc3)C2)cc1. The van der Waals surface area contributed by atoms with E-state index in [4.69, 9.17) is 15.9 Å². The van der Waals surface area contributed by atoms with E-state index in [1.54, 1.807) is 12.1 Å². The Morgan fingerprint density at radius 1 is 0.903 bits per heavy atom. The summed E-state index contributed by atoms with van der Waals surface area (Å²) in [5, 5.41) is 4.72. The van der Waals surface area contributed by atoms with Crippen LogP contribution in [0.1, 0.15) is 35.4 Å². The van der Waals surface area contributed by atoms with Gasteiger partial charge >= 0.3 is 10.1 Å². The van der Waals surface area contributed by atoms with Crippen molar-refractivity contribution in [1.29, 1.82) is 0 Å². The summed E-state index contributed by atoms with van der Waals surface area (Å²) >= 11 is 6.04. The fourth-order valence-electron chi connectivity index (χ4n) is 3.64. The summed E-state index contributed by atoms with van der Waals surface area (Å²) in [7, 11) is -3.98. The van der Waals surface area contributed by atoms with Crippen LogP contribution in [0.25, 0.3) is 5.57 Å². The summed E-state index contributed by atoms with van der Waals surface area (Å²) in [5.41, 5.74) is 4.82. The van der Waals surface area contributed by atoms with E-state index in [0.29, 0.717) is 17.2 Å². The van der Waals surface area contributed by atoms with Gasteiger partial charge in [-0.1, -0.05) is 76.9 Å². The first-order valence-electron chi connectivity index (χ1n) is 9.99. The summed E-state index contributed by atoms with van der Waals surface area (Å²) in [6.07, 6.45) is 3.31. The quantitative estimate of drug-likeness (QED) is 0.423. The third-order valence-electron chi connectivity index (χ3n) is 5.31. The number of hydrogen-bond donors (Lipinski definition) is 0. The first-order chi connectivity index (χ1) is 14.9. The summed E-state index contributed by atoms with van der Waals surface area (Å²) < 4.78 is 30.2. The van der Waals surface area contributed by atoms with E-state index in [0.717, 1.165) is 23.1 Å². The van der Waals surface area contributed by atoms with E-state index in [2.05, 4.69) is 17.3 Å². The number of allylic oxidation sites excluding steroid dienone is 2. The Hall–Kier alpha value is -2.89. The molecular formula is C25H22ClNO3S. The maximum absolute atomic E-state index is 12.6. The number of rotatable bonds is 5. The second kappa shape index (κ2) is 9.08. The maximum Gasteiger partial charge on any atom is 0.358 e. The van der Waals surface area contributed by atoms with Crippen molar-refractivity contribution in [2.24, 2.45) is 5.16 Å². The lowest BCUT2D eigenvalue weighted by Gasteiger charge is -2.24. The van der Waals surface area contributed by atoms with Crippen molar-refractivity contribution in [3.63, 3.8) is 0 Å². The molecule has 31 heavy (non-hydrogen) atoms. The molecule has 6 heteroatoms. The Morgan fingerprint density at radius 2 is 1.58 bits per heavy atom. The molecule has 4 nitrogen and oxygen atoms in total. The van der Waals surface area contributed by atoms with E-state index in [9.17, 15) is 8.42 Å². The zero-order valence-corrected chi connectivity index (χ0v) is 18.6. The van der Waals surface area contributed by atoms with E-state index in [-0.39, 0.29) is 10.8 Å². The van der Waals surface area contributed by atoms with Crippen LogP contribution in [-0.2, 0) is 14.4 Å². The van der Waals surface area contributed by atoms with Crippen molar-refractivity contribution >= 4 is 33.0 Å². The monoisotopic (exact) mass is 451 g/mol. The fraction of sp³-hybridized carbons (Fsp3) is 0.160. The molecule has 1 unspecified atom stereocenters. The van der Waals surface area contributed by atoms with Crippen LogP contribution in [0.3, 0.4) is 0 Å². The normalized spacial score (nSPS) is 17.9. The number of oxime groups is 1. The second-order valence-corrected chi connectivity index (χ2v) is 9.58. The van der Waals surface area contributed by atoms with Gasteiger partial charge in [0.1, 0.15) is 4.90 Å². The van der Waals surface area contributed by atoms with Crippen LogP contribution < -0.4 is 0 Å². The molecule has 0 spiro atoms. The van der Waals surface area contributed by atoms with Crippen molar-refractivity contribution in [1.82, 2.24) is 0 Å². The first kappa shape index (κ1) is 21.3. The zero-order valence-electron chi connectivity index (χ0n) is 17.0. The van der Waals surface area contributed by atoms with Crippen LogP contribution in [0.2, 0.25) is 5.02 Å². The standard InChI is InChI=1S/C25H22ClNO3S/c1-18-7-13-25(14-8-18)31(28,29)30-27-24-16-21(19-5-3-2-4-6-19)15-22(17-24)20-9-11-23(26)12-10-20/h2-14,17,21H,15-16H2,1H3/b27-24-. The number of aryl methyl sites for hydroxylation is 1. The average Bonchev–Trinajstić information content (AvgIpc) is 2.79. The van der Waals surface area contributed by atoms with Gasteiger partial charge in [-0.05, 0) is 66.3 Å². The lowest BCUT2D eigenvalue weighted by Crippen LogP contribution is -2.14. The summed E-state index contributed by atoms with van der Waals surface area (Å²) in [6, 6.07) is 24.3. The summed E-state index contributed by atoms with van der Waals surface area (Å²) in [6.45, 7) is 1.90. The predicted molar refractivity (Wildman–Crippen MR) is 125 cm³/mol. The van der Waals surface area contributed by atoms with E-state index < -0.39 is 10.1 Å². The molecule has 1 atom stereocenters. The number of nitrogens with zero attached hydrogens (tertiary/aromatic N) is 1. The highest BCUT2D eigenvalue weighted by Crippen LogP contribution is 2.36. The van der Waals surface area contributed by atoms with Crippen LogP contribution in [0.4, 0.5) is 0 Å². The molecule has 0 saturated heterocycles. The number of benzene rings is 3. The second-order valence-electron chi connectivity index (χ2n) is 7.62. The van der Waals surface area contributed by atoms with Crippen LogP contribution in [-0.4, -0.2) is 14.1 Å². The van der Waals surface area contributed by atoms with Crippen molar-refractivity contribution in [2.75, 3.05) is 0 Å². The molecule has 3 aromatic rings. The molecule has 4 rings (SSSR count). The Morgan fingerprint density at radius 3 is 2.26 bits per heavy atom. The van der Waals surface area contributed by atoms with Crippen molar-refractivity contribution < 1.29 is 12.7 Å². The molecule has 158 valence electrons. The van der Waals surface area contributed by atoms with Gasteiger partial charge in [0.15, 0.2) is 0 Å². The van der Waals surface area contributed by atoms with E-state index >= 15 is 0 Å². The molecule has 0 N–H and O–H groups in total. The predicted octanol–water partition coefficient (Wildman–Crippen LogP) is 6.37. The highest BCUT2D eigenvalue weighted by molar-refractivity contribution is 7.86. The van der Waals surface area contributed by atoms with E-state index in [1.807, 2.05) is 55.5 Å². The number of halogens is 1. The highest BCUT2D eigenvalue weighted by Gasteiger charge is 2.23. The average molecular weight is 452 g/mol. The molecule has 0 fully saturated rings. The van der Waals surface area contributed by atoms with Crippen LogP contribution in [0.5, 0.6) is 0 Å². The third kappa shape index (κ3) is 5.24. The van der Waals surface area contributed by atoms with Gasteiger partial charge in [-0.25, -0.2) is 0 Å². The largest absolute Gasteiger partial charge is 0.358 e. The van der Waals surface area contributed by atoms with Gasteiger partial charge < -0.3 is 0 Å². The van der Waals surface area contributed by atoms with Gasteiger partial charge in [-0.2, -0.15) is 8.42 Å². The maximum atomic E-state index is 12.6. The lowest BCUT2D eigenvalue weighted by atomic mass is 9.81. The molecule has 0 aliphatic heterocycles. The summed E-state index contributed by atoms with van der Waals surface area (Å²) in [5.74, 6) is 0.168. The molecule has 1 aliphatic carbocycles. The summed E-state index contributed by atoms with van der Waals surface area (Å²) in [4.78, 5) is 0.0831. The van der Waals surface area contributed by atoms with Gasteiger partial charge in [0.25, 0.3) is 0 Å². The zero-order chi connectivity index (χ0) is 21.8. The minimum Gasteiger partial charge on any atom is -0.265 e. The fourth-order valence-corrected chi connectivity index (χ4v) is 4.52. The molecule has 1 aliphatic rings.